The standard InChI is InChI=1S/C13H17F4N3O2/c14-8-5-9(18-6-8)10(21)19-3-4-20(11(22)13(15,16)17)12(7-19)1-2-12/h8-9,18H,1-7H2/t8?,9-/m1/s1. The molecule has 3 fully saturated rings. The lowest BCUT2D eigenvalue weighted by molar-refractivity contribution is -0.191. The molecule has 2 aliphatic heterocycles. The van der Waals surface area contributed by atoms with Crippen LogP contribution in [-0.2, 0) is 9.59 Å². The van der Waals surface area contributed by atoms with Crippen molar-refractivity contribution >= 4 is 11.8 Å². The first-order chi connectivity index (χ1) is 10.2. The van der Waals surface area contributed by atoms with Gasteiger partial charge in [0.1, 0.15) is 6.17 Å². The van der Waals surface area contributed by atoms with E-state index in [9.17, 15) is 27.2 Å². The maximum atomic E-state index is 13.2. The second-order valence-electron chi connectivity index (χ2n) is 6.23. The number of rotatable bonds is 1. The third-order valence-corrected chi connectivity index (χ3v) is 4.65. The molecular formula is C13H17F4N3O2. The Morgan fingerprint density at radius 3 is 2.36 bits per heavy atom. The van der Waals surface area contributed by atoms with Gasteiger partial charge in [-0.2, -0.15) is 13.2 Å². The Morgan fingerprint density at radius 1 is 1.18 bits per heavy atom. The number of carbonyl (C=O) groups is 2. The third kappa shape index (κ3) is 2.66. The minimum absolute atomic E-state index is 0.0531. The summed E-state index contributed by atoms with van der Waals surface area (Å²) in [5.41, 5.74) is -0.881. The van der Waals surface area contributed by atoms with Crippen molar-refractivity contribution in [2.45, 2.75) is 43.2 Å². The van der Waals surface area contributed by atoms with Crippen LogP contribution in [0.4, 0.5) is 17.6 Å². The van der Waals surface area contributed by atoms with E-state index in [4.69, 9.17) is 0 Å². The molecule has 0 aromatic rings. The monoisotopic (exact) mass is 323 g/mol. The second-order valence-corrected chi connectivity index (χ2v) is 6.23. The minimum Gasteiger partial charge on any atom is -0.337 e. The summed E-state index contributed by atoms with van der Waals surface area (Å²) in [6, 6.07) is -0.615. The summed E-state index contributed by atoms with van der Waals surface area (Å²) in [6.45, 7) is 0.143. The van der Waals surface area contributed by atoms with Crippen molar-refractivity contribution in [3.05, 3.63) is 0 Å². The molecule has 5 nitrogen and oxygen atoms in total. The summed E-state index contributed by atoms with van der Waals surface area (Å²) in [4.78, 5) is 26.1. The van der Waals surface area contributed by atoms with Crippen molar-refractivity contribution < 1.29 is 27.2 Å². The van der Waals surface area contributed by atoms with Gasteiger partial charge >= 0.3 is 12.1 Å². The summed E-state index contributed by atoms with van der Waals surface area (Å²) in [5.74, 6) is -2.12. The predicted octanol–water partition coefficient (Wildman–Crippen LogP) is 0.452. The highest BCUT2D eigenvalue weighted by molar-refractivity contribution is 5.85. The van der Waals surface area contributed by atoms with Gasteiger partial charge in [-0.25, -0.2) is 4.39 Å². The molecule has 1 unspecified atom stereocenters. The molecule has 1 saturated carbocycles. The largest absolute Gasteiger partial charge is 0.471 e. The van der Waals surface area contributed by atoms with Crippen LogP contribution in [0.3, 0.4) is 0 Å². The van der Waals surface area contributed by atoms with Crippen LogP contribution in [0.2, 0.25) is 0 Å². The maximum Gasteiger partial charge on any atom is 0.471 e. The van der Waals surface area contributed by atoms with Crippen molar-refractivity contribution in [1.82, 2.24) is 15.1 Å². The van der Waals surface area contributed by atoms with Crippen LogP contribution in [0.1, 0.15) is 19.3 Å². The number of halogens is 4. The van der Waals surface area contributed by atoms with Crippen LogP contribution in [0.15, 0.2) is 0 Å². The van der Waals surface area contributed by atoms with Crippen LogP contribution in [0, 0.1) is 0 Å². The summed E-state index contributed by atoms with van der Waals surface area (Å²) in [7, 11) is 0. The van der Waals surface area contributed by atoms with Crippen molar-refractivity contribution in [1.29, 1.82) is 0 Å². The number of hydrogen-bond acceptors (Lipinski definition) is 3. The quantitative estimate of drug-likeness (QED) is 0.713. The van der Waals surface area contributed by atoms with Gasteiger partial charge < -0.3 is 15.1 Å². The summed E-state index contributed by atoms with van der Waals surface area (Å²) >= 11 is 0. The number of alkyl halides is 4. The Kier molecular flexibility index (Phi) is 3.58. The van der Waals surface area contributed by atoms with Crippen molar-refractivity contribution in [3.8, 4) is 0 Å². The topological polar surface area (TPSA) is 52.7 Å². The van der Waals surface area contributed by atoms with Crippen LogP contribution < -0.4 is 5.32 Å². The molecule has 22 heavy (non-hydrogen) atoms. The van der Waals surface area contributed by atoms with E-state index in [1.165, 1.54) is 4.90 Å². The number of amides is 2. The first-order valence-corrected chi connectivity index (χ1v) is 7.28. The number of piperazine rings is 1. The van der Waals surface area contributed by atoms with Crippen LogP contribution in [0.25, 0.3) is 0 Å². The lowest BCUT2D eigenvalue weighted by Gasteiger charge is -2.43. The van der Waals surface area contributed by atoms with Crippen LogP contribution in [0.5, 0.6) is 0 Å². The lowest BCUT2D eigenvalue weighted by Crippen LogP contribution is -2.62. The zero-order valence-electron chi connectivity index (χ0n) is 11.8. The molecular weight excluding hydrogens is 306 g/mol. The average Bonchev–Trinajstić information content (AvgIpc) is 3.06. The molecule has 124 valence electrons. The van der Waals surface area contributed by atoms with Gasteiger partial charge in [-0.1, -0.05) is 0 Å². The average molecular weight is 323 g/mol. The molecule has 2 saturated heterocycles. The first-order valence-electron chi connectivity index (χ1n) is 7.28. The van der Waals surface area contributed by atoms with E-state index in [1.54, 1.807) is 0 Å². The van der Waals surface area contributed by atoms with Crippen molar-refractivity contribution in [2.75, 3.05) is 26.2 Å². The Hall–Kier alpha value is -1.38. The van der Waals surface area contributed by atoms with Crippen LogP contribution in [-0.4, -0.2) is 71.7 Å². The summed E-state index contributed by atoms with van der Waals surface area (Å²) in [6.07, 6.45) is -4.95. The molecule has 2 heterocycles. The Morgan fingerprint density at radius 2 is 1.86 bits per heavy atom. The number of nitrogens with one attached hydrogen (secondary N) is 1. The zero-order chi connectivity index (χ0) is 16.1. The molecule has 1 aliphatic carbocycles. The summed E-state index contributed by atoms with van der Waals surface area (Å²) < 4.78 is 51.0. The molecule has 2 atom stereocenters. The van der Waals surface area contributed by atoms with Crippen LogP contribution >= 0.6 is 0 Å². The van der Waals surface area contributed by atoms with E-state index in [1.807, 2.05) is 0 Å². The van der Waals surface area contributed by atoms with Gasteiger partial charge in [0.05, 0.1) is 11.6 Å². The molecule has 3 rings (SSSR count). The Bertz CT molecular complexity index is 492. The smallest absolute Gasteiger partial charge is 0.337 e. The van der Waals surface area contributed by atoms with Gasteiger partial charge in [-0.3, -0.25) is 9.59 Å². The second kappa shape index (κ2) is 5.07. The number of carbonyl (C=O) groups excluding carboxylic acids is 2. The Labute approximate surface area is 124 Å². The lowest BCUT2D eigenvalue weighted by atomic mass is 10.1. The van der Waals surface area contributed by atoms with E-state index < -0.39 is 29.8 Å². The van der Waals surface area contributed by atoms with Gasteiger partial charge in [0.25, 0.3) is 0 Å². The number of nitrogens with zero attached hydrogens (tertiary/aromatic N) is 2. The fraction of sp³-hybridized carbons (Fsp3) is 0.846. The maximum absolute atomic E-state index is 13.2. The molecule has 0 radical (unpaired) electrons. The molecule has 3 aliphatic rings. The zero-order valence-corrected chi connectivity index (χ0v) is 11.8. The molecule has 0 aromatic heterocycles. The van der Waals surface area contributed by atoms with E-state index in [2.05, 4.69) is 5.32 Å². The first kappa shape index (κ1) is 15.5. The number of hydrogen-bond donors (Lipinski definition) is 1. The highest BCUT2D eigenvalue weighted by Crippen LogP contribution is 2.45. The third-order valence-electron chi connectivity index (χ3n) is 4.65. The van der Waals surface area contributed by atoms with Gasteiger partial charge in [0, 0.05) is 32.6 Å². The van der Waals surface area contributed by atoms with Crippen molar-refractivity contribution in [3.63, 3.8) is 0 Å². The van der Waals surface area contributed by atoms with Gasteiger partial charge in [-0.15, -0.1) is 0 Å². The molecule has 1 spiro atoms. The molecule has 0 bridgehead atoms. The van der Waals surface area contributed by atoms with Gasteiger partial charge in [0.15, 0.2) is 0 Å². The van der Waals surface area contributed by atoms with Gasteiger partial charge in [-0.05, 0) is 12.8 Å². The van der Waals surface area contributed by atoms with E-state index in [0.717, 1.165) is 4.90 Å². The summed E-state index contributed by atoms with van der Waals surface area (Å²) in [5, 5.41) is 2.78. The highest BCUT2D eigenvalue weighted by Gasteiger charge is 2.58. The normalized spacial score (nSPS) is 30.7. The molecule has 0 aromatic carbocycles. The SMILES string of the molecule is O=C([C@H]1CC(F)CN1)N1CCN(C(=O)C(F)(F)F)C2(CC2)C1. The van der Waals surface area contributed by atoms with Gasteiger partial charge in [0.2, 0.25) is 5.91 Å². The van der Waals surface area contributed by atoms with E-state index >= 15 is 0 Å². The van der Waals surface area contributed by atoms with E-state index in [0.29, 0.717) is 12.8 Å². The van der Waals surface area contributed by atoms with Crippen molar-refractivity contribution in [2.24, 2.45) is 0 Å². The molecule has 2 amide bonds. The molecule has 1 N–H and O–H groups in total. The Balaban J connectivity index is 1.67. The predicted molar refractivity (Wildman–Crippen MR) is 67.6 cm³/mol. The van der Waals surface area contributed by atoms with E-state index in [-0.39, 0.29) is 38.5 Å². The fourth-order valence-electron chi connectivity index (χ4n) is 3.31. The fourth-order valence-corrected chi connectivity index (χ4v) is 3.31. The minimum atomic E-state index is -4.89. The highest BCUT2D eigenvalue weighted by atomic mass is 19.4. The molecule has 9 heteroatoms.